The van der Waals surface area contributed by atoms with Crippen molar-refractivity contribution in [2.45, 2.75) is 19.4 Å². The minimum atomic E-state index is -1.77. The SMILES string of the molecule is CC1(C)OI(Cl)c2ccccc21. The van der Waals surface area contributed by atoms with Crippen LogP contribution in [0.1, 0.15) is 19.4 Å². The zero-order valence-corrected chi connectivity index (χ0v) is 9.89. The first kappa shape index (κ1) is 8.78. The summed E-state index contributed by atoms with van der Waals surface area (Å²) in [4.78, 5) is 0. The summed E-state index contributed by atoms with van der Waals surface area (Å²) < 4.78 is 7.00. The molecule has 12 heavy (non-hydrogen) atoms. The molecule has 0 bridgehead atoms. The van der Waals surface area contributed by atoms with Crippen LogP contribution in [-0.2, 0) is 8.67 Å². The molecule has 0 amide bonds. The van der Waals surface area contributed by atoms with Gasteiger partial charge in [-0.15, -0.1) is 0 Å². The Kier molecular flexibility index (Phi) is 2.09. The van der Waals surface area contributed by atoms with Crippen LogP contribution in [0.15, 0.2) is 24.3 Å². The third-order valence-electron chi connectivity index (χ3n) is 1.94. The van der Waals surface area contributed by atoms with Crippen LogP contribution < -0.4 is 0 Å². The van der Waals surface area contributed by atoms with E-state index in [1.165, 1.54) is 9.13 Å². The molecule has 1 heterocycles. The summed E-state index contributed by atoms with van der Waals surface area (Å²) in [6.07, 6.45) is 0. The van der Waals surface area contributed by atoms with E-state index in [1.54, 1.807) is 0 Å². The Morgan fingerprint density at radius 2 is 2.00 bits per heavy atom. The Morgan fingerprint density at radius 1 is 1.33 bits per heavy atom. The first-order chi connectivity index (χ1) is 5.61. The topological polar surface area (TPSA) is 9.23 Å². The van der Waals surface area contributed by atoms with Crippen molar-refractivity contribution in [2.24, 2.45) is 0 Å². The first-order valence-corrected chi connectivity index (χ1v) is 8.46. The summed E-state index contributed by atoms with van der Waals surface area (Å²) in [7, 11) is 6.16. The van der Waals surface area contributed by atoms with Crippen molar-refractivity contribution in [2.75, 3.05) is 0 Å². The molecule has 1 aromatic rings. The van der Waals surface area contributed by atoms with Crippen molar-refractivity contribution < 1.29 is 3.07 Å². The molecule has 1 nitrogen and oxygen atoms in total. The zero-order chi connectivity index (χ0) is 8.77. The predicted octanol–water partition coefficient (Wildman–Crippen LogP) is 3.70. The van der Waals surface area contributed by atoms with Gasteiger partial charge in [-0.25, -0.2) is 0 Å². The Bertz CT molecular complexity index is 311. The van der Waals surface area contributed by atoms with Crippen molar-refractivity contribution in [3.8, 4) is 0 Å². The number of hydrogen-bond acceptors (Lipinski definition) is 1. The minimum absolute atomic E-state index is 0.163. The Balaban J connectivity index is 2.58. The van der Waals surface area contributed by atoms with Crippen molar-refractivity contribution in [3.63, 3.8) is 0 Å². The fourth-order valence-corrected chi connectivity index (χ4v) is 6.36. The van der Waals surface area contributed by atoms with E-state index in [-0.39, 0.29) is 5.60 Å². The van der Waals surface area contributed by atoms with Gasteiger partial charge in [-0.2, -0.15) is 0 Å². The van der Waals surface area contributed by atoms with Gasteiger partial charge in [-0.05, 0) is 0 Å². The van der Waals surface area contributed by atoms with E-state index in [4.69, 9.17) is 12.0 Å². The molecule has 0 atom stereocenters. The van der Waals surface area contributed by atoms with Gasteiger partial charge in [-0.1, -0.05) is 0 Å². The predicted molar refractivity (Wildman–Crippen MR) is 59.1 cm³/mol. The van der Waals surface area contributed by atoms with E-state index >= 15 is 0 Å². The van der Waals surface area contributed by atoms with Gasteiger partial charge in [0, 0.05) is 0 Å². The van der Waals surface area contributed by atoms with Crippen LogP contribution in [0.4, 0.5) is 0 Å². The van der Waals surface area contributed by atoms with E-state index in [9.17, 15) is 0 Å². The molecule has 1 aliphatic heterocycles. The molecule has 0 saturated carbocycles. The van der Waals surface area contributed by atoms with Crippen molar-refractivity contribution in [1.29, 1.82) is 0 Å². The Morgan fingerprint density at radius 3 is 2.67 bits per heavy atom. The fraction of sp³-hybridized carbons (Fsp3) is 0.333. The normalized spacial score (nSPS) is 22.4. The summed E-state index contributed by atoms with van der Waals surface area (Å²) in [5, 5.41) is 0. The molecule has 2 rings (SSSR count). The number of fused-ring (bicyclic) bond motifs is 1. The monoisotopic (exact) mass is 296 g/mol. The molecule has 0 radical (unpaired) electrons. The van der Waals surface area contributed by atoms with E-state index in [2.05, 4.69) is 26.0 Å². The van der Waals surface area contributed by atoms with Crippen molar-refractivity contribution in [3.05, 3.63) is 33.4 Å². The van der Waals surface area contributed by atoms with Crippen LogP contribution in [0, 0.1) is 3.57 Å². The maximum atomic E-state index is 6.16. The standard InChI is InChI=1S/C9H10ClIO/c1-9(2)7-5-3-4-6-8(7)11(10)12-9/h3-6H,1-2H3. The molecule has 0 spiro atoms. The third-order valence-corrected chi connectivity index (χ3v) is 6.71. The quantitative estimate of drug-likeness (QED) is 0.663. The molecule has 1 aromatic carbocycles. The van der Waals surface area contributed by atoms with Gasteiger partial charge >= 0.3 is 83.9 Å². The van der Waals surface area contributed by atoms with Gasteiger partial charge in [-0.3, -0.25) is 0 Å². The fourth-order valence-electron chi connectivity index (χ4n) is 1.33. The number of benzene rings is 1. The average Bonchev–Trinajstić information content (AvgIpc) is 2.25. The summed E-state index contributed by atoms with van der Waals surface area (Å²) in [6, 6.07) is 8.25. The van der Waals surface area contributed by atoms with Crippen LogP contribution in [0.3, 0.4) is 0 Å². The van der Waals surface area contributed by atoms with E-state index < -0.39 is 19.1 Å². The molecule has 0 N–H and O–H groups in total. The molecule has 1 aliphatic rings. The second-order valence-electron chi connectivity index (χ2n) is 3.27. The van der Waals surface area contributed by atoms with Crippen LogP contribution in [0.5, 0.6) is 0 Å². The molecule has 0 aliphatic carbocycles. The van der Waals surface area contributed by atoms with E-state index in [0.29, 0.717) is 0 Å². The van der Waals surface area contributed by atoms with Crippen LogP contribution in [0.2, 0.25) is 0 Å². The van der Waals surface area contributed by atoms with Crippen molar-refractivity contribution >= 4 is 28.0 Å². The summed E-state index contributed by atoms with van der Waals surface area (Å²) >= 11 is -1.77. The molecular weight excluding hydrogens is 286 g/mol. The molecule has 0 unspecified atom stereocenters. The number of rotatable bonds is 0. The molecule has 3 heteroatoms. The van der Waals surface area contributed by atoms with Gasteiger partial charge in [0.15, 0.2) is 0 Å². The number of halogens is 2. The average molecular weight is 297 g/mol. The van der Waals surface area contributed by atoms with E-state index in [0.717, 1.165) is 0 Å². The second-order valence-corrected chi connectivity index (χ2v) is 7.80. The summed E-state index contributed by atoms with van der Waals surface area (Å²) in [5.74, 6) is 0. The number of hydrogen-bond donors (Lipinski definition) is 0. The molecular formula is C9H10ClIO. The van der Waals surface area contributed by atoms with Crippen LogP contribution in [-0.4, -0.2) is 0 Å². The molecule has 66 valence electrons. The maximum absolute atomic E-state index is 6.16. The molecule has 0 saturated heterocycles. The summed E-state index contributed by atoms with van der Waals surface area (Å²) in [5.41, 5.74) is 1.11. The van der Waals surface area contributed by atoms with Gasteiger partial charge in [0.25, 0.3) is 0 Å². The van der Waals surface area contributed by atoms with Crippen LogP contribution >= 0.6 is 28.0 Å². The second kappa shape index (κ2) is 2.86. The Hall–Kier alpha value is 0.200. The van der Waals surface area contributed by atoms with Gasteiger partial charge in [0.1, 0.15) is 0 Å². The Labute approximate surface area is 83.7 Å². The molecule has 0 aromatic heterocycles. The van der Waals surface area contributed by atoms with Gasteiger partial charge < -0.3 is 0 Å². The van der Waals surface area contributed by atoms with Crippen molar-refractivity contribution in [1.82, 2.24) is 0 Å². The van der Waals surface area contributed by atoms with E-state index in [1.807, 2.05) is 12.1 Å². The summed E-state index contributed by atoms with van der Waals surface area (Å²) in [6.45, 7) is 4.15. The van der Waals surface area contributed by atoms with Gasteiger partial charge in [0.05, 0.1) is 0 Å². The third kappa shape index (κ3) is 1.26. The first-order valence-electron chi connectivity index (χ1n) is 3.77. The van der Waals surface area contributed by atoms with Gasteiger partial charge in [0.2, 0.25) is 0 Å². The molecule has 0 fully saturated rings. The zero-order valence-electron chi connectivity index (χ0n) is 6.97. The van der Waals surface area contributed by atoms with Crippen LogP contribution in [0.25, 0.3) is 0 Å².